The highest BCUT2D eigenvalue weighted by atomic mass is 32.2. The third kappa shape index (κ3) is 7.96. The number of sulfonamides is 1. The number of nitrogens with zero attached hydrogens (tertiary/aromatic N) is 2. The smallest absolute Gasteiger partial charge is 0.243 e. The molecular formula is C29H41N3O5S. The highest BCUT2D eigenvalue weighted by Crippen LogP contribution is 2.24. The number of amides is 2. The molecule has 1 atom stereocenters. The molecule has 0 spiro atoms. The molecule has 9 heteroatoms. The van der Waals surface area contributed by atoms with Crippen LogP contribution < -0.4 is 14.4 Å². The van der Waals surface area contributed by atoms with Crippen LogP contribution in [0.4, 0.5) is 5.69 Å². The summed E-state index contributed by atoms with van der Waals surface area (Å²) in [5.74, 6) is 0.369. The topological polar surface area (TPSA) is 96.0 Å². The number of hydrogen-bond acceptors (Lipinski definition) is 5. The summed E-state index contributed by atoms with van der Waals surface area (Å²) in [6.07, 6.45) is 6.24. The summed E-state index contributed by atoms with van der Waals surface area (Å²) >= 11 is 0. The van der Waals surface area contributed by atoms with Crippen molar-refractivity contribution in [2.24, 2.45) is 0 Å². The van der Waals surface area contributed by atoms with Crippen LogP contribution in [0.15, 0.2) is 48.5 Å². The van der Waals surface area contributed by atoms with Crippen LogP contribution >= 0.6 is 0 Å². The molecule has 2 aromatic rings. The van der Waals surface area contributed by atoms with E-state index in [9.17, 15) is 18.0 Å². The van der Waals surface area contributed by atoms with Crippen molar-refractivity contribution < 1.29 is 22.7 Å². The molecule has 0 aromatic heterocycles. The summed E-state index contributed by atoms with van der Waals surface area (Å²) in [6.45, 7) is 4.21. The molecule has 1 fully saturated rings. The maximum atomic E-state index is 13.6. The first-order valence-electron chi connectivity index (χ1n) is 13.4. The van der Waals surface area contributed by atoms with E-state index in [1.54, 1.807) is 24.1 Å². The Morgan fingerprint density at radius 3 is 2.45 bits per heavy atom. The molecule has 1 N–H and O–H groups in total. The van der Waals surface area contributed by atoms with E-state index in [1.165, 1.54) is 10.6 Å². The highest BCUT2D eigenvalue weighted by Gasteiger charge is 2.31. The lowest BCUT2D eigenvalue weighted by molar-refractivity contribution is -0.141. The number of carbonyl (C=O) groups excluding carboxylic acids is 2. The van der Waals surface area contributed by atoms with Crippen molar-refractivity contribution in [2.45, 2.75) is 77.4 Å². The van der Waals surface area contributed by atoms with Gasteiger partial charge in [-0.3, -0.25) is 13.9 Å². The minimum Gasteiger partial charge on any atom is -0.497 e. The summed E-state index contributed by atoms with van der Waals surface area (Å²) in [5.41, 5.74) is 2.32. The monoisotopic (exact) mass is 543 g/mol. The van der Waals surface area contributed by atoms with Crippen LogP contribution in [0.25, 0.3) is 0 Å². The van der Waals surface area contributed by atoms with Crippen LogP contribution in [0.3, 0.4) is 0 Å². The number of rotatable bonds is 13. The number of nitrogens with one attached hydrogen (secondary N) is 1. The van der Waals surface area contributed by atoms with E-state index in [1.807, 2.05) is 50.2 Å². The van der Waals surface area contributed by atoms with Gasteiger partial charge in [-0.1, -0.05) is 50.1 Å². The molecule has 2 aromatic carbocycles. The fraction of sp³-hybridized carbons (Fsp3) is 0.517. The second kappa shape index (κ2) is 13.6. The predicted molar refractivity (Wildman–Crippen MR) is 151 cm³/mol. The number of carbonyl (C=O) groups is 2. The summed E-state index contributed by atoms with van der Waals surface area (Å²) in [7, 11) is -1.94. The van der Waals surface area contributed by atoms with Crippen LogP contribution in [-0.4, -0.2) is 57.1 Å². The van der Waals surface area contributed by atoms with Crippen LogP contribution in [0.2, 0.25) is 0 Å². The van der Waals surface area contributed by atoms with Crippen LogP contribution in [0.5, 0.6) is 5.75 Å². The van der Waals surface area contributed by atoms with Crippen molar-refractivity contribution in [3.8, 4) is 5.75 Å². The number of anilines is 1. The molecule has 0 saturated heterocycles. The number of ether oxygens (including phenoxy) is 1. The lowest BCUT2D eigenvalue weighted by Gasteiger charge is -2.32. The number of benzene rings is 2. The Kier molecular flexibility index (Phi) is 10.6. The molecule has 0 unspecified atom stereocenters. The van der Waals surface area contributed by atoms with Gasteiger partial charge in [-0.25, -0.2) is 8.42 Å². The molecule has 1 aliphatic rings. The minimum absolute atomic E-state index is 0.120. The Morgan fingerprint density at radius 1 is 1.11 bits per heavy atom. The Morgan fingerprint density at radius 2 is 1.82 bits per heavy atom. The standard InChI is InChI=1S/C29H41N3O5S/c1-5-26(29(34)30-24-14-7-8-15-24)31(21-23-13-10-16-25(20-23)37-3)28(33)18-11-19-32(38(4,35)36)27-17-9-6-12-22(27)2/h6,9-10,12-13,16-17,20,24,26H,5,7-8,11,14-15,18-19,21H2,1-4H3,(H,30,34)/t26-/m1/s1. The molecule has 0 heterocycles. The van der Waals surface area contributed by atoms with Crippen molar-refractivity contribution in [2.75, 3.05) is 24.2 Å². The van der Waals surface area contributed by atoms with Gasteiger partial charge in [-0.05, 0) is 61.9 Å². The van der Waals surface area contributed by atoms with Gasteiger partial charge in [0, 0.05) is 25.6 Å². The normalized spacial score (nSPS) is 14.6. The molecule has 0 radical (unpaired) electrons. The third-order valence-electron chi connectivity index (χ3n) is 7.11. The van der Waals surface area contributed by atoms with E-state index in [2.05, 4.69) is 5.32 Å². The van der Waals surface area contributed by atoms with Gasteiger partial charge in [-0.2, -0.15) is 0 Å². The van der Waals surface area contributed by atoms with Gasteiger partial charge < -0.3 is 15.0 Å². The van der Waals surface area contributed by atoms with Gasteiger partial charge in [-0.15, -0.1) is 0 Å². The first-order valence-corrected chi connectivity index (χ1v) is 15.2. The van der Waals surface area contributed by atoms with Gasteiger partial charge in [0.1, 0.15) is 11.8 Å². The molecule has 2 amide bonds. The zero-order valence-corrected chi connectivity index (χ0v) is 23.8. The molecule has 1 saturated carbocycles. The van der Waals surface area contributed by atoms with Crippen LogP contribution in [0.1, 0.15) is 63.0 Å². The van der Waals surface area contributed by atoms with E-state index in [-0.39, 0.29) is 37.4 Å². The highest BCUT2D eigenvalue weighted by molar-refractivity contribution is 7.92. The summed E-state index contributed by atoms with van der Waals surface area (Å²) in [4.78, 5) is 28.6. The van der Waals surface area contributed by atoms with E-state index in [4.69, 9.17) is 4.74 Å². The molecule has 208 valence electrons. The van der Waals surface area contributed by atoms with Gasteiger partial charge >= 0.3 is 0 Å². The molecule has 0 bridgehead atoms. The van der Waals surface area contributed by atoms with Gasteiger partial charge in [0.15, 0.2) is 0 Å². The Labute approximate surface area is 227 Å². The average molecular weight is 544 g/mol. The number of hydrogen-bond donors (Lipinski definition) is 1. The summed E-state index contributed by atoms with van der Waals surface area (Å²) < 4.78 is 31.8. The number of methoxy groups -OCH3 is 1. The average Bonchev–Trinajstić information content (AvgIpc) is 3.39. The Hall–Kier alpha value is -3.07. The molecule has 8 nitrogen and oxygen atoms in total. The summed E-state index contributed by atoms with van der Waals surface area (Å²) in [5, 5.41) is 3.15. The zero-order valence-electron chi connectivity index (χ0n) is 23.0. The van der Waals surface area contributed by atoms with Crippen LogP contribution in [0, 0.1) is 6.92 Å². The van der Waals surface area contributed by atoms with Crippen molar-refractivity contribution in [1.29, 1.82) is 0 Å². The fourth-order valence-electron chi connectivity index (χ4n) is 5.08. The Bertz CT molecular complexity index is 1190. The lowest BCUT2D eigenvalue weighted by Crippen LogP contribution is -2.51. The van der Waals surface area contributed by atoms with Gasteiger partial charge in [0.2, 0.25) is 21.8 Å². The van der Waals surface area contributed by atoms with Crippen LogP contribution in [-0.2, 0) is 26.2 Å². The maximum absolute atomic E-state index is 13.6. The first kappa shape index (κ1) is 29.5. The van der Waals surface area contributed by atoms with Crippen molar-refractivity contribution >= 4 is 27.5 Å². The second-order valence-electron chi connectivity index (χ2n) is 10.0. The fourth-order valence-corrected chi connectivity index (χ4v) is 6.10. The predicted octanol–water partition coefficient (Wildman–Crippen LogP) is 4.42. The minimum atomic E-state index is -3.53. The Balaban J connectivity index is 1.78. The van der Waals surface area contributed by atoms with E-state index in [0.29, 0.717) is 24.3 Å². The maximum Gasteiger partial charge on any atom is 0.243 e. The molecule has 0 aliphatic heterocycles. The lowest BCUT2D eigenvalue weighted by atomic mass is 10.1. The quantitative estimate of drug-likeness (QED) is 0.404. The van der Waals surface area contributed by atoms with Gasteiger partial charge in [0.05, 0.1) is 19.1 Å². The molecular weight excluding hydrogens is 502 g/mol. The van der Waals surface area contributed by atoms with Crippen molar-refractivity contribution in [3.05, 3.63) is 59.7 Å². The largest absolute Gasteiger partial charge is 0.497 e. The van der Waals surface area contributed by atoms with E-state index in [0.717, 1.165) is 36.8 Å². The van der Waals surface area contributed by atoms with Gasteiger partial charge in [0.25, 0.3) is 0 Å². The molecule has 38 heavy (non-hydrogen) atoms. The molecule has 1 aliphatic carbocycles. The number of aryl methyl sites for hydroxylation is 1. The third-order valence-corrected chi connectivity index (χ3v) is 8.29. The van der Waals surface area contributed by atoms with Crippen molar-refractivity contribution in [1.82, 2.24) is 10.2 Å². The second-order valence-corrected chi connectivity index (χ2v) is 11.9. The first-order chi connectivity index (χ1) is 18.1. The number of para-hydroxylation sites is 1. The SMILES string of the molecule is CC[C@H](C(=O)NC1CCCC1)N(Cc1cccc(OC)c1)C(=O)CCCN(c1ccccc1C)S(C)(=O)=O. The molecule has 3 rings (SSSR count). The van der Waals surface area contributed by atoms with E-state index >= 15 is 0 Å². The van der Waals surface area contributed by atoms with E-state index < -0.39 is 16.1 Å². The summed E-state index contributed by atoms with van der Waals surface area (Å²) in [6, 6.07) is 14.3. The zero-order chi connectivity index (χ0) is 27.7. The van der Waals surface area contributed by atoms with Crippen molar-refractivity contribution in [3.63, 3.8) is 0 Å².